The van der Waals surface area contributed by atoms with Crippen LogP contribution >= 0.6 is 15.9 Å². The molecule has 0 bridgehead atoms. The highest BCUT2D eigenvalue weighted by molar-refractivity contribution is 9.10. The summed E-state index contributed by atoms with van der Waals surface area (Å²) in [6.45, 7) is 0.207. The van der Waals surface area contributed by atoms with Gasteiger partial charge in [0.2, 0.25) is 10.0 Å². The van der Waals surface area contributed by atoms with Crippen molar-refractivity contribution in [1.82, 2.24) is 3.97 Å². The van der Waals surface area contributed by atoms with Gasteiger partial charge in [0.1, 0.15) is 0 Å². The van der Waals surface area contributed by atoms with Gasteiger partial charge in [0.15, 0.2) is 0 Å². The smallest absolute Gasteiger partial charge is 0.236 e. The Bertz CT molecular complexity index is 382. The van der Waals surface area contributed by atoms with Crippen LogP contribution < -0.4 is 5.73 Å². The monoisotopic (exact) mass is 252 g/mol. The van der Waals surface area contributed by atoms with Gasteiger partial charge in [-0.2, -0.15) is 0 Å². The Morgan fingerprint density at radius 2 is 2.17 bits per heavy atom. The highest BCUT2D eigenvalue weighted by atomic mass is 79.9. The lowest BCUT2D eigenvalue weighted by Gasteiger charge is -2.05. The van der Waals surface area contributed by atoms with Gasteiger partial charge < -0.3 is 5.73 Å². The van der Waals surface area contributed by atoms with E-state index in [-0.39, 0.29) is 6.54 Å². The molecule has 0 aliphatic heterocycles. The Morgan fingerprint density at radius 1 is 1.58 bits per heavy atom. The molecule has 2 N–H and O–H groups in total. The van der Waals surface area contributed by atoms with Crippen molar-refractivity contribution in [2.75, 3.05) is 6.26 Å². The average Bonchev–Trinajstić information content (AvgIpc) is 2.29. The Labute approximate surface area is 79.5 Å². The fourth-order valence-electron chi connectivity index (χ4n) is 0.960. The van der Waals surface area contributed by atoms with Gasteiger partial charge in [0.25, 0.3) is 0 Å². The number of rotatable bonds is 2. The van der Waals surface area contributed by atoms with E-state index < -0.39 is 10.0 Å². The predicted octanol–water partition coefficient (Wildman–Crippen LogP) is 0.517. The van der Waals surface area contributed by atoms with Crippen LogP contribution in [0, 0.1) is 0 Å². The summed E-state index contributed by atoms with van der Waals surface area (Å²) in [5, 5.41) is 0. The lowest BCUT2D eigenvalue weighted by atomic mass is 10.4. The van der Waals surface area contributed by atoms with Crippen molar-refractivity contribution >= 4 is 26.0 Å². The molecular formula is C6H9BrN2O2S. The normalized spacial score (nSPS) is 11.9. The van der Waals surface area contributed by atoms with Gasteiger partial charge in [0, 0.05) is 12.2 Å². The molecule has 1 rings (SSSR count). The van der Waals surface area contributed by atoms with E-state index in [2.05, 4.69) is 15.9 Å². The standard InChI is InChI=1S/C6H9BrN2O2S/c1-12(10,11)9-5(4-8)2-3-6(9)7/h2-3H,4,8H2,1H3. The van der Waals surface area contributed by atoms with Crippen molar-refractivity contribution in [1.29, 1.82) is 0 Å². The van der Waals surface area contributed by atoms with Crippen molar-refractivity contribution in [3.8, 4) is 0 Å². The fourth-order valence-corrected chi connectivity index (χ4v) is 3.05. The maximum atomic E-state index is 11.2. The first-order valence-electron chi connectivity index (χ1n) is 3.23. The highest BCUT2D eigenvalue weighted by Crippen LogP contribution is 2.17. The molecule has 0 unspecified atom stereocenters. The van der Waals surface area contributed by atoms with Crippen LogP contribution in [0.15, 0.2) is 16.7 Å². The molecule has 4 nitrogen and oxygen atoms in total. The van der Waals surface area contributed by atoms with Crippen molar-refractivity contribution in [2.45, 2.75) is 6.54 Å². The molecule has 0 spiro atoms. The van der Waals surface area contributed by atoms with E-state index in [0.717, 1.165) is 6.26 Å². The van der Waals surface area contributed by atoms with Crippen LogP contribution in [0.4, 0.5) is 0 Å². The first-order valence-corrected chi connectivity index (χ1v) is 5.87. The van der Waals surface area contributed by atoms with E-state index in [4.69, 9.17) is 5.73 Å². The van der Waals surface area contributed by atoms with Gasteiger partial charge in [-0.1, -0.05) is 0 Å². The van der Waals surface area contributed by atoms with Crippen LogP contribution in [-0.2, 0) is 16.6 Å². The Balaban J connectivity index is 3.39. The van der Waals surface area contributed by atoms with E-state index in [1.54, 1.807) is 12.1 Å². The Hall–Kier alpha value is -0.330. The van der Waals surface area contributed by atoms with Gasteiger partial charge >= 0.3 is 0 Å². The molecule has 0 aliphatic rings. The number of nitrogens with zero attached hydrogens (tertiary/aromatic N) is 1. The molecule has 1 aromatic rings. The van der Waals surface area contributed by atoms with Crippen molar-refractivity contribution < 1.29 is 8.42 Å². The molecule has 68 valence electrons. The van der Waals surface area contributed by atoms with Gasteiger partial charge in [-0.15, -0.1) is 0 Å². The van der Waals surface area contributed by atoms with Crippen LogP contribution in [0.3, 0.4) is 0 Å². The van der Waals surface area contributed by atoms with Crippen LogP contribution in [0.5, 0.6) is 0 Å². The molecule has 0 radical (unpaired) electrons. The number of halogens is 1. The molecule has 6 heteroatoms. The summed E-state index contributed by atoms with van der Waals surface area (Å²) < 4.78 is 24.0. The maximum Gasteiger partial charge on any atom is 0.236 e. The minimum Gasteiger partial charge on any atom is -0.325 e. The van der Waals surface area contributed by atoms with E-state index >= 15 is 0 Å². The SMILES string of the molecule is CS(=O)(=O)n1c(Br)ccc1CN. The minimum absolute atomic E-state index is 0.207. The summed E-state index contributed by atoms with van der Waals surface area (Å²) in [6.07, 6.45) is 1.14. The number of aromatic nitrogens is 1. The second kappa shape index (κ2) is 3.20. The van der Waals surface area contributed by atoms with Gasteiger partial charge in [-0.25, -0.2) is 12.4 Å². The Kier molecular flexibility index (Phi) is 2.60. The quantitative estimate of drug-likeness (QED) is 0.835. The van der Waals surface area contributed by atoms with Crippen molar-refractivity contribution in [2.24, 2.45) is 5.73 Å². The van der Waals surface area contributed by atoms with E-state index in [1.165, 1.54) is 3.97 Å². The predicted molar refractivity (Wildman–Crippen MR) is 50.3 cm³/mol. The van der Waals surface area contributed by atoms with Crippen molar-refractivity contribution in [3.05, 3.63) is 22.4 Å². The topological polar surface area (TPSA) is 65.1 Å². The summed E-state index contributed by atoms with van der Waals surface area (Å²) in [6, 6.07) is 3.33. The zero-order valence-electron chi connectivity index (χ0n) is 6.49. The molecule has 0 atom stereocenters. The first-order chi connectivity index (χ1) is 5.46. The fraction of sp³-hybridized carbons (Fsp3) is 0.333. The van der Waals surface area contributed by atoms with Gasteiger partial charge in [0.05, 0.1) is 10.9 Å². The second-order valence-corrected chi connectivity index (χ2v) is 5.02. The number of nitrogens with two attached hydrogens (primary N) is 1. The number of hydrogen-bond donors (Lipinski definition) is 1. The van der Waals surface area contributed by atoms with Crippen LogP contribution in [-0.4, -0.2) is 18.6 Å². The lowest BCUT2D eigenvalue weighted by Crippen LogP contribution is -2.15. The van der Waals surface area contributed by atoms with Gasteiger partial charge in [-0.3, -0.25) is 0 Å². The molecular weight excluding hydrogens is 244 g/mol. The Morgan fingerprint density at radius 3 is 2.50 bits per heavy atom. The summed E-state index contributed by atoms with van der Waals surface area (Å²) in [4.78, 5) is 0. The third kappa shape index (κ3) is 1.70. The van der Waals surface area contributed by atoms with E-state index in [0.29, 0.717) is 10.3 Å². The van der Waals surface area contributed by atoms with Gasteiger partial charge in [-0.05, 0) is 28.1 Å². The number of hydrogen-bond acceptors (Lipinski definition) is 3. The lowest BCUT2D eigenvalue weighted by molar-refractivity contribution is 0.590. The largest absolute Gasteiger partial charge is 0.325 e. The summed E-state index contributed by atoms with van der Waals surface area (Å²) in [7, 11) is -3.24. The third-order valence-electron chi connectivity index (χ3n) is 1.41. The molecule has 0 aromatic carbocycles. The summed E-state index contributed by atoms with van der Waals surface area (Å²) in [5.74, 6) is 0. The summed E-state index contributed by atoms with van der Waals surface area (Å²) in [5.41, 5.74) is 5.93. The molecule has 1 aromatic heterocycles. The van der Waals surface area contributed by atoms with E-state index in [9.17, 15) is 8.42 Å². The molecule has 0 saturated heterocycles. The van der Waals surface area contributed by atoms with Crippen molar-refractivity contribution in [3.63, 3.8) is 0 Å². The average molecular weight is 253 g/mol. The highest BCUT2D eigenvalue weighted by Gasteiger charge is 2.12. The van der Waals surface area contributed by atoms with Crippen LogP contribution in [0.1, 0.15) is 5.69 Å². The zero-order valence-corrected chi connectivity index (χ0v) is 8.89. The molecule has 0 saturated carbocycles. The second-order valence-electron chi connectivity index (χ2n) is 2.38. The van der Waals surface area contributed by atoms with Crippen LogP contribution in [0.25, 0.3) is 0 Å². The molecule has 12 heavy (non-hydrogen) atoms. The molecule has 0 amide bonds. The maximum absolute atomic E-state index is 11.2. The summed E-state index contributed by atoms with van der Waals surface area (Å²) >= 11 is 3.12. The van der Waals surface area contributed by atoms with E-state index in [1.807, 2.05) is 0 Å². The molecule has 1 heterocycles. The molecule has 0 aliphatic carbocycles. The van der Waals surface area contributed by atoms with Crippen LogP contribution in [0.2, 0.25) is 0 Å². The molecule has 0 fully saturated rings. The third-order valence-corrected chi connectivity index (χ3v) is 3.36. The first kappa shape index (κ1) is 9.76. The zero-order chi connectivity index (χ0) is 9.35. The minimum atomic E-state index is -3.24.